The summed E-state index contributed by atoms with van der Waals surface area (Å²) in [5.74, 6) is 1.06. The van der Waals surface area contributed by atoms with Crippen LogP contribution in [0.2, 0.25) is 0 Å². The Morgan fingerprint density at radius 3 is 2.92 bits per heavy atom. The summed E-state index contributed by atoms with van der Waals surface area (Å²) in [7, 11) is 1.77. The maximum absolute atomic E-state index is 13.1. The van der Waals surface area contributed by atoms with Gasteiger partial charge in [0.25, 0.3) is 0 Å². The Labute approximate surface area is 171 Å². The third-order valence-electron chi connectivity index (χ3n) is 4.43. The molecule has 1 aromatic rings. The minimum Gasteiger partial charge on any atom is -0.492 e. The molecule has 6 nitrogen and oxygen atoms in total. The molecule has 2 saturated heterocycles. The predicted octanol–water partition coefficient (Wildman–Crippen LogP) is 2.28. The van der Waals surface area contributed by atoms with Crippen LogP contribution in [0.15, 0.2) is 29.3 Å². The van der Waals surface area contributed by atoms with Crippen molar-refractivity contribution in [2.45, 2.75) is 25.0 Å². The lowest BCUT2D eigenvalue weighted by molar-refractivity contribution is -0.0817. The van der Waals surface area contributed by atoms with Crippen molar-refractivity contribution in [3.8, 4) is 5.75 Å². The molecule has 146 valence electrons. The molecule has 2 unspecified atom stereocenters. The van der Waals surface area contributed by atoms with E-state index in [0.717, 1.165) is 38.5 Å². The Morgan fingerprint density at radius 2 is 2.19 bits per heavy atom. The number of hydrogen-bond acceptors (Lipinski definition) is 4. The van der Waals surface area contributed by atoms with Crippen LogP contribution in [-0.2, 0) is 9.47 Å². The molecule has 2 fully saturated rings. The first-order valence-electron chi connectivity index (χ1n) is 8.83. The van der Waals surface area contributed by atoms with Gasteiger partial charge in [-0.2, -0.15) is 0 Å². The average molecular weight is 479 g/mol. The number of morpholine rings is 1. The summed E-state index contributed by atoms with van der Waals surface area (Å²) in [5, 5.41) is 3.30. The quantitative estimate of drug-likeness (QED) is 0.304. The van der Waals surface area contributed by atoms with Gasteiger partial charge in [-0.3, -0.25) is 4.99 Å². The Hall–Kier alpha value is -1.13. The number of rotatable bonds is 5. The van der Waals surface area contributed by atoms with E-state index in [1.54, 1.807) is 19.2 Å². The number of ether oxygens (including phenoxy) is 3. The number of halogens is 2. The van der Waals surface area contributed by atoms with Gasteiger partial charge in [0.05, 0.1) is 19.3 Å². The van der Waals surface area contributed by atoms with E-state index in [9.17, 15) is 4.39 Å². The van der Waals surface area contributed by atoms with Gasteiger partial charge in [0, 0.05) is 32.8 Å². The summed E-state index contributed by atoms with van der Waals surface area (Å²) >= 11 is 0. The normalized spacial score (nSPS) is 23.5. The van der Waals surface area contributed by atoms with Gasteiger partial charge >= 0.3 is 0 Å². The van der Waals surface area contributed by atoms with Crippen molar-refractivity contribution in [1.82, 2.24) is 10.2 Å². The third-order valence-corrected chi connectivity index (χ3v) is 4.43. The number of nitrogens with one attached hydrogen (secondary N) is 1. The molecule has 0 aromatic heterocycles. The zero-order valence-electron chi connectivity index (χ0n) is 15.0. The lowest BCUT2D eigenvalue weighted by Crippen LogP contribution is -2.53. The Morgan fingerprint density at radius 1 is 1.35 bits per heavy atom. The summed E-state index contributed by atoms with van der Waals surface area (Å²) in [4.78, 5) is 6.54. The summed E-state index contributed by atoms with van der Waals surface area (Å²) in [6, 6.07) is 6.15. The molecule has 0 amide bonds. The smallest absolute Gasteiger partial charge is 0.193 e. The van der Waals surface area contributed by atoms with Crippen LogP contribution in [0, 0.1) is 5.82 Å². The molecule has 0 bridgehead atoms. The van der Waals surface area contributed by atoms with E-state index in [0.29, 0.717) is 25.5 Å². The summed E-state index contributed by atoms with van der Waals surface area (Å²) < 4.78 is 30.3. The van der Waals surface area contributed by atoms with Crippen molar-refractivity contribution in [3.63, 3.8) is 0 Å². The number of nitrogens with zero attached hydrogens (tertiary/aromatic N) is 2. The van der Waals surface area contributed by atoms with Gasteiger partial charge in [-0.15, -0.1) is 24.0 Å². The van der Waals surface area contributed by atoms with E-state index in [2.05, 4.69) is 15.2 Å². The van der Waals surface area contributed by atoms with Gasteiger partial charge in [0.1, 0.15) is 24.3 Å². The predicted molar refractivity (Wildman–Crippen MR) is 109 cm³/mol. The lowest BCUT2D eigenvalue weighted by atomic mass is 10.1. The van der Waals surface area contributed by atoms with E-state index in [4.69, 9.17) is 14.2 Å². The van der Waals surface area contributed by atoms with Crippen molar-refractivity contribution in [2.75, 3.05) is 46.5 Å². The van der Waals surface area contributed by atoms with Crippen molar-refractivity contribution in [1.29, 1.82) is 0 Å². The number of hydrogen-bond donors (Lipinski definition) is 1. The molecular weight excluding hydrogens is 452 g/mol. The fraction of sp³-hybridized carbons (Fsp3) is 0.611. The fourth-order valence-electron chi connectivity index (χ4n) is 3.21. The summed E-state index contributed by atoms with van der Waals surface area (Å²) in [5.41, 5.74) is 0. The van der Waals surface area contributed by atoms with Crippen molar-refractivity contribution in [3.05, 3.63) is 30.1 Å². The molecule has 0 spiro atoms. The topological polar surface area (TPSA) is 55.3 Å². The van der Waals surface area contributed by atoms with Crippen LogP contribution < -0.4 is 10.1 Å². The van der Waals surface area contributed by atoms with E-state index in [1.807, 2.05) is 0 Å². The second kappa shape index (κ2) is 10.9. The first kappa shape index (κ1) is 21.2. The van der Waals surface area contributed by atoms with Gasteiger partial charge in [-0.1, -0.05) is 6.07 Å². The molecule has 2 atom stereocenters. The minimum absolute atomic E-state index is 0. The summed E-state index contributed by atoms with van der Waals surface area (Å²) in [6.45, 7) is 4.09. The van der Waals surface area contributed by atoms with Crippen molar-refractivity contribution >= 4 is 29.9 Å². The van der Waals surface area contributed by atoms with Gasteiger partial charge in [-0.25, -0.2) is 4.39 Å². The highest BCUT2D eigenvalue weighted by molar-refractivity contribution is 14.0. The molecule has 0 radical (unpaired) electrons. The van der Waals surface area contributed by atoms with Gasteiger partial charge < -0.3 is 24.4 Å². The van der Waals surface area contributed by atoms with Crippen LogP contribution in [-0.4, -0.2) is 69.6 Å². The van der Waals surface area contributed by atoms with E-state index >= 15 is 0 Å². The fourth-order valence-corrected chi connectivity index (χ4v) is 3.21. The average Bonchev–Trinajstić information content (AvgIpc) is 3.17. The second-order valence-corrected chi connectivity index (χ2v) is 6.19. The molecule has 1 N–H and O–H groups in total. The molecule has 1 aromatic carbocycles. The molecule has 0 aliphatic carbocycles. The van der Waals surface area contributed by atoms with Crippen LogP contribution in [0.3, 0.4) is 0 Å². The van der Waals surface area contributed by atoms with Crippen LogP contribution in [0.1, 0.15) is 12.8 Å². The maximum atomic E-state index is 13.1. The molecule has 2 aliphatic rings. The number of aliphatic imine (C=N–C) groups is 1. The monoisotopic (exact) mass is 479 g/mol. The zero-order chi connectivity index (χ0) is 17.5. The Kier molecular flexibility index (Phi) is 8.86. The van der Waals surface area contributed by atoms with Crippen LogP contribution in [0.5, 0.6) is 5.75 Å². The highest BCUT2D eigenvalue weighted by Crippen LogP contribution is 2.21. The maximum Gasteiger partial charge on any atom is 0.193 e. The van der Waals surface area contributed by atoms with E-state index in [1.165, 1.54) is 12.1 Å². The van der Waals surface area contributed by atoms with Gasteiger partial charge in [-0.05, 0) is 25.0 Å². The Balaban J connectivity index is 0.00000243. The molecule has 2 heterocycles. The van der Waals surface area contributed by atoms with Gasteiger partial charge in [0.2, 0.25) is 0 Å². The molecular formula is C18H27FIN3O3. The molecule has 8 heteroatoms. The highest BCUT2D eigenvalue weighted by atomic mass is 127. The number of guanidine groups is 1. The van der Waals surface area contributed by atoms with E-state index < -0.39 is 0 Å². The van der Waals surface area contributed by atoms with E-state index in [-0.39, 0.29) is 42.0 Å². The van der Waals surface area contributed by atoms with Crippen LogP contribution in [0.25, 0.3) is 0 Å². The van der Waals surface area contributed by atoms with Crippen molar-refractivity contribution < 1.29 is 18.6 Å². The Bertz CT molecular complexity index is 585. The molecule has 2 aliphatic heterocycles. The molecule has 26 heavy (non-hydrogen) atoms. The molecule has 3 rings (SSSR count). The van der Waals surface area contributed by atoms with Crippen LogP contribution >= 0.6 is 24.0 Å². The number of benzene rings is 1. The molecule has 0 saturated carbocycles. The third kappa shape index (κ3) is 5.95. The first-order valence-corrected chi connectivity index (χ1v) is 8.83. The van der Waals surface area contributed by atoms with Gasteiger partial charge in [0.15, 0.2) is 5.96 Å². The SMILES string of the molecule is CN=C(NCCOc1cccc(F)c1)N1CCOC(C2CCCO2)C1.I. The standard InChI is InChI=1S/C18H26FN3O3.HI/c1-20-18(21-7-10-23-15-5-2-4-14(19)12-15)22-8-11-25-17(13-22)16-6-3-9-24-16;/h2,4-5,12,16-17H,3,6-11,13H2,1H3,(H,20,21);1H. The van der Waals surface area contributed by atoms with Crippen molar-refractivity contribution in [2.24, 2.45) is 4.99 Å². The lowest BCUT2D eigenvalue weighted by Gasteiger charge is -2.37. The van der Waals surface area contributed by atoms with Crippen LogP contribution in [0.4, 0.5) is 4.39 Å². The highest BCUT2D eigenvalue weighted by Gasteiger charge is 2.32. The summed E-state index contributed by atoms with van der Waals surface area (Å²) in [6.07, 6.45) is 2.46. The minimum atomic E-state index is -0.297. The second-order valence-electron chi connectivity index (χ2n) is 6.19. The zero-order valence-corrected chi connectivity index (χ0v) is 17.4. The largest absolute Gasteiger partial charge is 0.492 e. The first-order chi connectivity index (χ1) is 12.3.